The summed E-state index contributed by atoms with van der Waals surface area (Å²) in [5, 5.41) is 4.48. The van der Waals surface area contributed by atoms with Crippen molar-refractivity contribution in [1.82, 2.24) is 10.2 Å². The van der Waals surface area contributed by atoms with Crippen LogP contribution in [0.2, 0.25) is 5.02 Å². The average molecular weight is 311 g/mol. The second-order valence-corrected chi connectivity index (χ2v) is 6.29. The molecule has 0 spiro atoms. The van der Waals surface area contributed by atoms with Crippen LogP contribution in [0.15, 0.2) is 24.3 Å². The van der Waals surface area contributed by atoms with Gasteiger partial charge in [0.2, 0.25) is 0 Å². The van der Waals surface area contributed by atoms with Crippen molar-refractivity contribution in [3.8, 4) is 0 Å². The Morgan fingerprint density at radius 1 is 1.33 bits per heavy atom. The number of ether oxygens (including phenoxy) is 1. The van der Waals surface area contributed by atoms with E-state index in [0.717, 1.165) is 44.3 Å². The molecule has 1 fully saturated rings. The fourth-order valence-corrected chi connectivity index (χ4v) is 3.47. The first-order chi connectivity index (χ1) is 10.1. The van der Waals surface area contributed by atoms with E-state index >= 15 is 0 Å². The molecular weight excluding hydrogens is 284 g/mol. The Hall–Kier alpha value is -0.610. The van der Waals surface area contributed by atoms with Gasteiger partial charge in [0, 0.05) is 23.7 Å². The van der Waals surface area contributed by atoms with E-state index in [1.807, 2.05) is 12.1 Å². The number of morpholine rings is 1. The standard InChI is InChI=1S/C17H27ClN2O/c1-4-17(3,20-9-11-21-12-10-20)16(19-5-2)14-7-6-8-15(18)13-14/h6-8,13,16,19H,4-5,9-12H2,1-3H3. The molecule has 118 valence electrons. The van der Waals surface area contributed by atoms with Gasteiger partial charge in [-0.15, -0.1) is 0 Å². The highest BCUT2D eigenvalue weighted by atomic mass is 35.5. The molecule has 1 aromatic rings. The van der Waals surface area contributed by atoms with E-state index < -0.39 is 0 Å². The monoisotopic (exact) mass is 310 g/mol. The highest BCUT2D eigenvalue weighted by Gasteiger charge is 2.39. The molecule has 0 saturated carbocycles. The van der Waals surface area contributed by atoms with E-state index in [2.05, 4.69) is 43.1 Å². The number of nitrogens with one attached hydrogen (secondary N) is 1. The van der Waals surface area contributed by atoms with Gasteiger partial charge in [-0.05, 0) is 37.6 Å². The summed E-state index contributed by atoms with van der Waals surface area (Å²) < 4.78 is 5.52. The van der Waals surface area contributed by atoms with Crippen LogP contribution >= 0.6 is 11.6 Å². The van der Waals surface area contributed by atoms with Crippen molar-refractivity contribution >= 4 is 11.6 Å². The number of likely N-dealkylation sites (N-methyl/N-ethyl adjacent to an activating group) is 1. The summed E-state index contributed by atoms with van der Waals surface area (Å²) in [7, 11) is 0. The first-order valence-corrected chi connectivity index (χ1v) is 8.31. The van der Waals surface area contributed by atoms with Crippen molar-refractivity contribution in [2.24, 2.45) is 0 Å². The van der Waals surface area contributed by atoms with Crippen LogP contribution in [0.4, 0.5) is 0 Å². The molecule has 1 N–H and O–H groups in total. The Kier molecular flexibility index (Phi) is 6.06. The van der Waals surface area contributed by atoms with E-state index in [0.29, 0.717) is 0 Å². The number of halogens is 1. The van der Waals surface area contributed by atoms with E-state index in [1.165, 1.54) is 5.56 Å². The number of nitrogens with zero attached hydrogens (tertiary/aromatic N) is 1. The van der Waals surface area contributed by atoms with Gasteiger partial charge < -0.3 is 10.1 Å². The molecule has 0 amide bonds. The minimum absolute atomic E-state index is 0.0600. The third kappa shape index (κ3) is 3.78. The topological polar surface area (TPSA) is 24.5 Å². The zero-order valence-corrected chi connectivity index (χ0v) is 14.1. The molecule has 0 radical (unpaired) electrons. The maximum Gasteiger partial charge on any atom is 0.0594 e. The number of hydrogen-bond donors (Lipinski definition) is 1. The van der Waals surface area contributed by atoms with E-state index in [-0.39, 0.29) is 11.6 Å². The molecule has 3 nitrogen and oxygen atoms in total. The van der Waals surface area contributed by atoms with Crippen molar-refractivity contribution in [3.05, 3.63) is 34.9 Å². The fourth-order valence-electron chi connectivity index (χ4n) is 3.27. The summed E-state index contributed by atoms with van der Waals surface area (Å²) in [6.07, 6.45) is 1.08. The zero-order valence-electron chi connectivity index (χ0n) is 13.4. The lowest BCUT2D eigenvalue weighted by Gasteiger charge is -2.48. The van der Waals surface area contributed by atoms with Gasteiger partial charge in [-0.2, -0.15) is 0 Å². The molecule has 0 bridgehead atoms. The lowest BCUT2D eigenvalue weighted by atomic mass is 9.82. The van der Waals surface area contributed by atoms with Gasteiger partial charge in [-0.3, -0.25) is 4.90 Å². The number of benzene rings is 1. The van der Waals surface area contributed by atoms with E-state index in [1.54, 1.807) is 0 Å². The molecule has 1 aliphatic heterocycles. The van der Waals surface area contributed by atoms with Crippen LogP contribution in [0.1, 0.15) is 38.8 Å². The van der Waals surface area contributed by atoms with Gasteiger partial charge in [0.15, 0.2) is 0 Å². The Labute approximate surface area is 133 Å². The molecule has 2 atom stereocenters. The van der Waals surface area contributed by atoms with Crippen molar-refractivity contribution in [3.63, 3.8) is 0 Å². The summed E-state index contributed by atoms with van der Waals surface area (Å²) in [6.45, 7) is 11.4. The Morgan fingerprint density at radius 3 is 2.62 bits per heavy atom. The predicted molar refractivity (Wildman–Crippen MR) is 89.0 cm³/mol. The van der Waals surface area contributed by atoms with Crippen LogP contribution in [0.25, 0.3) is 0 Å². The highest BCUT2D eigenvalue weighted by molar-refractivity contribution is 6.30. The third-order valence-electron chi connectivity index (χ3n) is 4.66. The Morgan fingerprint density at radius 2 is 2.05 bits per heavy atom. The SMILES string of the molecule is CCNC(c1cccc(Cl)c1)C(C)(CC)N1CCOCC1. The number of hydrogen-bond acceptors (Lipinski definition) is 3. The van der Waals surface area contributed by atoms with Crippen LogP contribution < -0.4 is 5.32 Å². The van der Waals surface area contributed by atoms with E-state index in [9.17, 15) is 0 Å². The molecule has 1 saturated heterocycles. The molecule has 0 aliphatic carbocycles. The summed E-state index contributed by atoms with van der Waals surface area (Å²) in [4.78, 5) is 2.56. The minimum Gasteiger partial charge on any atom is -0.379 e. The van der Waals surface area contributed by atoms with Crippen molar-refractivity contribution in [2.45, 2.75) is 38.8 Å². The lowest BCUT2D eigenvalue weighted by Crippen LogP contribution is -2.57. The Bertz CT molecular complexity index is 448. The molecule has 2 unspecified atom stereocenters. The van der Waals surface area contributed by atoms with Gasteiger partial charge in [0.05, 0.1) is 19.3 Å². The molecule has 4 heteroatoms. The first kappa shape index (κ1) is 16.8. The molecule has 0 aromatic heterocycles. The van der Waals surface area contributed by atoms with Crippen LogP contribution in [0, 0.1) is 0 Å². The summed E-state index contributed by atoms with van der Waals surface area (Å²) >= 11 is 6.21. The predicted octanol–water partition coefficient (Wildman–Crippen LogP) is 3.49. The quantitative estimate of drug-likeness (QED) is 0.870. The van der Waals surface area contributed by atoms with Gasteiger partial charge in [0.1, 0.15) is 0 Å². The smallest absolute Gasteiger partial charge is 0.0594 e. The van der Waals surface area contributed by atoms with Crippen LogP contribution in [0.5, 0.6) is 0 Å². The second-order valence-electron chi connectivity index (χ2n) is 5.86. The van der Waals surface area contributed by atoms with Crippen LogP contribution in [0.3, 0.4) is 0 Å². The molecule has 1 aromatic carbocycles. The molecule has 1 aliphatic rings. The van der Waals surface area contributed by atoms with Crippen molar-refractivity contribution < 1.29 is 4.74 Å². The van der Waals surface area contributed by atoms with Crippen LogP contribution in [-0.2, 0) is 4.74 Å². The number of rotatable bonds is 6. The summed E-state index contributed by atoms with van der Waals surface area (Å²) in [5.74, 6) is 0. The third-order valence-corrected chi connectivity index (χ3v) is 4.90. The largest absolute Gasteiger partial charge is 0.379 e. The van der Waals surface area contributed by atoms with Gasteiger partial charge >= 0.3 is 0 Å². The van der Waals surface area contributed by atoms with Crippen LogP contribution in [-0.4, -0.2) is 43.3 Å². The Balaban J connectivity index is 2.32. The maximum atomic E-state index is 6.21. The lowest BCUT2D eigenvalue weighted by molar-refractivity contribution is -0.0327. The second kappa shape index (κ2) is 7.59. The average Bonchev–Trinajstić information content (AvgIpc) is 2.52. The maximum absolute atomic E-state index is 6.21. The fraction of sp³-hybridized carbons (Fsp3) is 0.647. The summed E-state index contributed by atoms with van der Waals surface area (Å²) in [5.41, 5.74) is 1.32. The van der Waals surface area contributed by atoms with Gasteiger partial charge in [-0.25, -0.2) is 0 Å². The normalized spacial score (nSPS) is 21.0. The van der Waals surface area contributed by atoms with Gasteiger partial charge in [0.25, 0.3) is 0 Å². The van der Waals surface area contributed by atoms with Gasteiger partial charge in [-0.1, -0.05) is 37.6 Å². The highest BCUT2D eigenvalue weighted by Crippen LogP contribution is 2.35. The molecule has 2 rings (SSSR count). The molecule has 1 heterocycles. The molecule has 21 heavy (non-hydrogen) atoms. The van der Waals surface area contributed by atoms with Crippen molar-refractivity contribution in [1.29, 1.82) is 0 Å². The van der Waals surface area contributed by atoms with E-state index in [4.69, 9.17) is 16.3 Å². The minimum atomic E-state index is 0.0600. The first-order valence-electron chi connectivity index (χ1n) is 7.93. The summed E-state index contributed by atoms with van der Waals surface area (Å²) in [6, 6.07) is 8.50. The molecular formula is C17H27ClN2O. The van der Waals surface area contributed by atoms with Crippen molar-refractivity contribution in [2.75, 3.05) is 32.8 Å². The zero-order chi connectivity index (χ0) is 15.3.